The maximum absolute atomic E-state index is 13.1. The summed E-state index contributed by atoms with van der Waals surface area (Å²) in [4.78, 5) is 28.1. The maximum atomic E-state index is 13.1. The SMILES string of the molecule is CCCCCCCCCCCCCCCCCC(=O)NC(Cc1ccc(N(CCCl)CCCl)cc1)C(=O)NCCCCCC. The smallest absolute Gasteiger partial charge is 0.242 e. The fourth-order valence-corrected chi connectivity index (χ4v) is 6.08. The summed E-state index contributed by atoms with van der Waals surface area (Å²) < 4.78 is 0. The van der Waals surface area contributed by atoms with Gasteiger partial charge in [0, 0.05) is 49.9 Å². The third-order valence-corrected chi connectivity index (χ3v) is 8.78. The van der Waals surface area contributed by atoms with E-state index in [1.807, 2.05) is 24.3 Å². The highest BCUT2D eigenvalue weighted by molar-refractivity contribution is 6.18. The number of halogens is 2. The predicted octanol–water partition coefficient (Wildman–Crippen LogP) is 9.96. The van der Waals surface area contributed by atoms with Crippen molar-refractivity contribution < 1.29 is 9.59 Å². The number of alkyl halides is 2. The number of nitrogens with one attached hydrogen (secondary N) is 2. The van der Waals surface area contributed by atoms with Crippen LogP contribution in [-0.4, -0.2) is 49.3 Å². The van der Waals surface area contributed by atoms with Crippen LogP contribution in [0.15, 0.2) is 24.3 Å². The molecule has 5 nitrogen and oxygen atoms in total. The van der Waals surface area contributed by atoms with Gasteiger partial charge in [-0.15, -0.1) is 23.2 Å². The van der Waals surface area contributed by atoms with Gasteiger partial charge in [-0.3, -0.25) is 9.59 Å². The summed E-state index contributed by atoms with van der Waals surface area (Å²) in [5.41, 5.74) is 2.08. The molecule has 0 aliphatic heterocycles. The van der Waals surface area contributed by atoms with Crippen LogP contribution in [0.4, 0.5) is 5.69 Å². The molecule has 0 radical (unpaired) electrons. The average molecular weight is 655 g/mol. The molecular weight excluding hydrogens is 589 g/mol. The number of carbonyl (C=O) groups is 2. The molecule has 0 aliphatic rings. The molecule has 0 spiro atoms. The molecule has 1 aromatic rings. The Kier molecular flexibility index (Phi) is 26.7. The predicted molar refractivity (Wildman–Crippen MR) is 192 cm³/mol. The number of amides is 2. The van der Waals surface area contributed by atoms with Crippen molar-refractivity contribution >= 4 is 40.7 Å². The molecule has 0 saturated heterocycles. The first-order valence-corrected chi connectivity index (χ1v) is 19.1. The number of nitrogens with zero attached hydrogens (tertiary/aromatic N) is 1. The summed E-state index contributed by atoms with van der Waals surface area (Å²) in [5.74, 6) is 0.939. The summed E-state index contributed by atoms with van der Waals surface area (Å²) in [5, 5.41) is 6.11. The van der Waals surface area contributed by atoms with Crippen molar-refractivity contribution in [2.45, 2.75) is 155 Å². The fourth-order valence-electron chi connectivity index (χ4n) is 5.67. The van der Waals surface area contributed by atoms with Crippen LogP contribution in [0.5, 0.6) is 0 Å². The van der Waals surface area contributed by atoms with Gasteiger partial charge in [0.1, 0.15) is 6.04 Å². The van der Waals surface area contributed by atoms with E-state index in [9.17, 15) is 9.59 Å². The lowest BCUT2D eigenvalue weighted by molar-refractivity contribution is -0.129. The lowest BCUT2D eigenvalue weighted by atomic mass is 10.0. The molecule has 0 heterocycles. The molecule has 1 rings (SSSR count). The summed E-state index contributed by atoms with van der Waals surface area (Å²) >= 11 is 11.9. The lowest BCUT2D eigenvalue weighted by Gasteiger charge is -2.23. The van der Waals surface area contributed by atoms with E-state index in [4.69, 9.17) is 23.2 Å². The van der Waals surface area contributed by atoms with Gasteiger partial charge < -0.3 is 15.5 Å². The largest absolute Gasteiger partial charge is 0.369 e. The van der Waals surface area contributed by atoms with E-state index >= 15 is 0 Å². The number of unbranched alkanes of at least 4 members (excludes halogenated alkanes) is 17. The Morgan fingerprint density at radius 3 is 1.59 bits per heavy atom. The minimum Gasteiger partial charge on any atom is -0.369 e. The monoisotopic (exact) mass is 653 g/mol. The minimum absolute atomic E-state index is 0.0298. The number of hydrogen-bond acceptors (Lipinski definition) is 3. The Bertz CT molecular complexity index is 815. The van der Waals surface area contributed by atoms with Gasteiger partial charge in [-0.25, -0.2) is 0 Å². The van der Waals surface area contributed by atoms with Crippen molar-refractivity contribution in [3.8, 4) is 0 Å². The van der Waals surface area contributed by atoms with Crippen LogP contribution in [0.2, 0.25) is 0 Å². The highest BCUT2D eigenvalue weighted by atomic mass is 35.5. The molecule has 0 aliphatic carbocycles. The van der Waals surface area contributed by atoms with Crippen molar-refractivity contribution in [3.05, 3.63) is 29.8 Å². The zero-order chi connectivity index (χ0) is 32.1. The summed E-state index contributed by atoms with van der Waals surface area (Å²) in [6.45, 7) is 6.56. The molecule has 7 heteroatoms. The normalized spacial score (nSPS) is 11.8. The molecule has 0 aromatic heterocycles. The zero-order valence-electron chi connectivity index (χ0n) is 28.3. The van der Waals surface area contributed by atoms with E-state index in [0.29, 0.717) is 31.1 Å². The topological polar surface area (TPSA) is 61.4 Å². The second-order valence-electron chi connectivity index (χ2n) is 12.4. The number of rotatable bonds is 30. The van der Waals surface area contributed by atoms with E-state index in [1.54, 1.807) is 0 Å². The third kappa shape index (κ3) is 21.3. The highest BCUT2D eigenvalue weighted by Gasteiger charge is 2.21. The van der Waals surface area contributed by atoms with E-state index in [-0.39, 0.29) is 11.8 Å². The first-order chi connectivity index (χ1) is 21.5. The van der Waals surface area contributed by atoms with Crippen molar-refractivity contribution in [1.29, 1.82) is 0 Å². The van der Waals surface area contributed by atoms with Crippen LogP contribution in [0.25, 0.3) is 0 Å². The van der Waals surface area contributed by atoms with E-state index in [0.717, 1.165) is 56.4 Å². The Morgan fingerprint density at radius 2 is 1.11 bits per heavy atom. The number of benzene rings is 1. The molecule has 1 unspecified atom stereocenters. The summed E-state index contributed by atoms with van der Waals surface area (Å²) in [7, 11) is 0. The Hall–Kier alpha value is -1.46. The van der Waals surface area contributed by atoms with Crippen LogP contribution in [0.3, 0.4) is 0 Å². The second-order valence-corrected chi connectivity index (χ2v) is 13.2. The molecular formula is C37H65Cl2N3O2. The quantitative estimate of drug-likeness (QED) is 0.0641. The van der Waals surface area contributed by atoms with Crippen molar-refractivity contribution in [3.63, 3.8) is 0 Å². The van der Waals surface area contributed by atoms with Crippen LogP contribution in [0.1, 0.15) is 148 Å². The van der Waals surface area contributed by atoms with Crippen LogP contribution in [0, 0.1) is 0 Å². The Balaban J connectivity index is 2.41. The van der Waals surface area contributed by atoms with Crippen LogP contribution >= 0.6 is 23.2 Å². The van der Waals surface area contributed by atoms with Crippen molar-refractivity contribution in [2.24, 2.45) is 0 Å². The van der Waals surface area contributed by atoms with E-state index in [1.165, 1.54) is 89.9 Å². The second kappa shape index (κ2) is 29.0. The van der Waals surface area contributed by atoms with Crippen LogP contribution < -0.4 is 15.5 Å². The number of carbonyl (C=O) groups excluding carboxylic acids is 2. The summed E-state index contributed by atoms with van der Waals surface area (Å²) in [6, 6.07) is 7.59. The van der Waals surface area contributed by atoms with Gasteiger partial charge in [0.25, 0.3) is 0 Å². The third-order valence-electron chi connectivity index (χ3n) is 8.44. The minimum atomic E-state index is -0.572. The number of anilines is 1. The van der Waals surface area contributed by atoms with E-state index < -0.39 is 6.04 Å². The molecule has 2 N–H and O–H groups in total. The van der Waals surface area contributed by atoms with Crippen molar-refractivity contribution in [1.82, 2.24) is 10.6 Å². The molecule has 44 heavy (non-hydrogen) atoms. The van der Waals surface area contributed by atoms with Gasteiger partial charge in [-0.05, 0) is 30.5 Å². The number of hydrogen-bond donors (Lipinski definition) is 2. The Labute approximate surface area is 281 Å². The lowest BCUT2D eigenvalue weighted by Crippen LogP contribution is -2.48. The van der Waals surface area contributed by atoms with Gasteiger partial charge in [-0.1, -0.05) is 135 Å². The standard InChI is InChI=1S/C37H65Cl2N3O2/c1-3-5-7-9-10-11-12-13-14-15-16-17-18-19-20-22-36(43)41-35(37(44)40-29-21-8-6-4-2)32-33-23-25-34(26-24-33)42(30-27-38)31-28-39/h23-26,35H,3-22,27-32H2,1-2H3,(H,40,44)(H,41,43). The Morgan fingerprint density at radius 1 is 0.659 bits per heavy atom. The maximum Gasteiger partial charge on any atom is 0.242 e. The van der Waals surface area contributed by atoms with Gasteiger partial charge in [0.15, 0.2) is 0 Å². The average Bonchev–Trinajstić information content (AvgIpc) is 3.02. The highest BCUT2D eigenvalue weighted by Crippen LogP contribution is 2.17. The molecule has 0 saturated carbocycles. The molecule has 254 valence electrons. The van der Waals surface area contributed by atoms with Crippen LogP contribution in [-0.2, 0) is 16.0 Å². The first kappa shape index (κ1) is 40.6. The fraction of sp³-hybridized carbons (Fsp3) is 0.784. The molecule has 0 fully saturated rings. The van der Waals surface area contributed by atoms with Crippen molar-refractivity contribution in [2.75, 3.05) is 36.3 Å². The van der Waals surface area contributed by atoms with Gasteiger partial charge >= 0.3 is 0 Å². The van der Waals surface area contributed by atoms with E-state index in [2.05, 4.69) is 29.4 Å². The zero-order valence-corrected chi connectivity index (χ0v) is 29.8. The molecule has 1 atom stereocenters. The molecule has 1 aromatic carbocycles. The van der Waals surface area contributed by atoms with Gasteiger partial charge in [0.05, 0.1) is 0 Å². The van der Waals surface area contributed by atoms with Gasteiger partial charge in [0.2, 0.25) is 11.8 Å². The first-order valence-electron chi connectivity index (χ1n) is 18.1. The molecule has 2 amide bonds. The van der Waals surface area contributed by atoms with Gasteiger partial charge in [-0.2, -0.15) is 0 Å². The molecule has 0 bridgehead atoms. The summed E-state index contributed by atoms with van der Waals surface area (Å²) in [6.07, 6.45) is 24.9.